The third-order valence-corrected chi connectivity index (χ3v) is 2.83. The zero-order valence-electron chi connectivity index (χ0n) is 10.3. The largest absolute Gasteiger partial charge is 0.504 e. The van der Waals surface area contributed by atoms with Gasteiger partial charge in [-0.05, 0) is 25.0 Å². The number of carbonyl (C=O) groups is 2. The van der Waals surface area contributed by atoms with Crippen molar-refractivity contribution >= 4 is 11.9 Å². The summed E-state index contributed by atoms with van der Waals surface area (Å²) in [5.74, 6) is -1.26. The van der Waals surface area contributed by atoms with Crippen molar-refractivity contribution in [1.82, 2.24) is 4.90 Å². The Hall–Kier alpha value is -2.24. The average Bonchev–Trinajstić information content (AvgIpc) is 3.18. The number of hydrogen-bond acceptors (Lipinski definition) is 4. The molecular formula is C13H15NO5. The lowest BCUT2D eigenvalue weighted by molar-refractivity contribution is -0.145. The van der Waals surface area contributed by atoms with Crippen molar-refractivity contribution in [2.24, 2.45) is 0 Å². The number of carbonyl (C=O) groups excluding carboxylic acids is 1. The third kappa shape index (κ3) is 3.61. The van der Waals surface area contributed by atoms with Gasteiger partial charge in [0.1, 0.15) is 6.54 Å². The number of ether oxygens (including phenoxy) is 1. The van der Waals surface area contributed by atoms with Gasteiger partial charge in [0.25, 0.3) is 5.91 Å². The Morgan fingerprint density at radius 1 is 1.32 bits per heavy atom. The number of amides is 1. The lowest BCUT2D eigenvalue weighted by Gasteiger charge is -2.20. The van der Waals surface area contributed by atoms with E-state index in [1.807, 2.05) is 0 Å². The number of benzene rings is 1. The van der Waals surface area contributed by atoms with Gasteiger partial charge in [0, 0.05) is 6.04 Å². The van der Waals surface area contributed by atoms with Gasteiger partial charge >= 0.3 is 5.97 Å². The van der Waals surface area contributed by atoms with Crippen molar-refractivity contribution in [2.75, 3.05) is 13.2 Å². The maximum Gasteiger partial charge on any atom is 0.323 e. The Labute approximate surface area is 110 Å². The topological polar surface area (TPSA) is 87.1 Å². The Morgan fingerprint density at radius 2 is 2.00 bits per heavy atom. The van der Waals surface area contributed by atoms with E-state index in [9.17, 15) is 14.7 Å². The molecule has 1 aromatic carbocycles. The molecule has 1 aromatic rings. The van der Waals surface area contributed by atoms with E-state index in [1.54, 1.807) is 18.2 Å². The second-order valence-electron chi connectivity index (χ2n) is 4.40. The van der Waals surface area contributed by atoms with E-state index in [2.05, 4.69) is 0 Å². The van der Waals surface area contributed by atoms with Gasteiger partial charge in [0.2, 0.25) is 0 Å². The first-order valence-electron chi connectivity index (χ1n) is 6.00. The van der Waals surface area contributed by atoms with E-state index in [0.29, 0.717) is 0 Å². The second-order valence-corrected chi connectivity index (χ2v) is 4.40. The molecule has 0 spiro atoms. The first-order valence-corrected chi connectivity index (χ1v) is 6.00. The minimum atomic E-state index is -1.04. The molecule has 2 N–H and O–H groups in total. The van der Waals surface area contributed by atoms with E-state index in [-0.39, 0.29) is 36.6 Å². The average molecular weight is 265 g/mol. The monoisotopic (exact) mass is 265 g/mol. The quantitative estimate of drug-likeness (QED) is 0.796. The van der Waals surface area contributed by atoms with Gasteiger partial charge in [-0.3, -0.25) is 9.59 Å². The van der Waals surface area contributed by atoms with Gasteiger partial charge in [0.15, 0.2) is 18.1 Å². The second kappa shape index (κ2) is 5.60. The van der Waals surface area contributed by atoms with Gasteiger partial charge in [0.05, 0.1) is 0 Å². The van der Waals surface area contributed by atoms with Crippen LogP contribution in [-0.4, -0.2) is 46.2 Å². The summed E-state index contributed by atoms with van der Waals surface area (Å²) in [5.41, 5.74) is 0. The molecule has 0 unspecified atom stereocenters. The van der Waals surface area contributed by atoms with Crippen LogP contribution in [0.2, 0.25) is 0 Å². The first kappa shape index (κ1) is 13.2. The van der Waals surface area contributed by atoms with Crippen LogP contribution in [0.4, 0.5) is 0 Å². The molecule has 0 aromatic heterocycles. The van der Waals surface area contributed by atoms with E-state index >= 15 is 0 Å². The molecule has 6 nitrogen and oxygen atoms in total. The number of hydrogen-bond donors (Lipinski definition) is 2. The maximum atomic E-state index is 11.9. The van der Waals surface area contributed by atoms with E-state index in [1.165, 1.54) is 11.0 Å². The van der Waals surface area contributed by atoms with Crippen LogP contribution in [0.5, 0.6) is 11.5 Å². The van der Waals surface area contributed by atoms with Gasteiger partial charge in [-0.1, -0.05) is 12.1 Å². The van der Waals surface area contributed by atoms with Crippen LogP contribution in [-0.2, 0) is 9.59 Å². The molecule has 102 valence electrons. The first-order chi connectivity index (χ1) is 9.08. The molecule has 1 fully saturated rings. The number of aliphatic carboxylic acids is 1. The summed E-state index contributed by atoms with van der Waals surface area (Å²) in [4.78, 5) is 23.9. The summed E-state index contributed by atoms with van der Waals surface area (Å²) < 4.78 is 5.20. The van der Waals surface area contributed by atoms with Crippen molar-refractivity contribution in [3.63, 3.8) is 0 Å². The normalized spacial score (nSPS) is 13.9. The Morgan fingerprint density at radius 3 is 2.58 bits per heavy atom. The molecule has 19 heavy (non-hydrogen) atoms. The van der Waals surface area contributed by atoms with Crippen LogP contribution in [0.3, 0.4) is 0 Å². The molecule has 2 rings (SSSR count). The van der Waals surface area contributed by atoms with Gasteiger partial charge in [-0.15, -0.1) is 0 Å². The van der Waals surface area contributed by atoms with Gasteiger partial charge in [-0.2, -0.15) is 0 Å². The summed E-state index contributed by atoms with van der Waals surface area (Å²) in [7, 11) is 0. The number of carboxylic acids is 1. The highest BCUT2D eigenvalue weighted by molar-refractivity contribution is 5.83. The van der Waals surface area contributed by atoms with Crippen LogP contribution in [0.15, 0.2) is 24.3 Å². The van der Waals surface area contributed by atoms with Crippen LogP contribution in [0.1, 0.15) is 12.8 Å². The van der Waals surface area contributed by atoms with Crippen molar-refractivity contribution < 1.29 is 24.5 Å². The summed E-state index contributed by atoms with van der Waals surface area (Å²) in [6, 6.07) is 6.33. The van der Waals surface area contributed by atoms with Crippen LogP contribution in [0.25, 0.3) is 0 Å². The fourth-order valence-corrected chi connectivity index (χ4v) is 1.75. The Balaban J connectivity index is 1.92. The number of carboxylic acid groups (broad SMARTS) is 1. The third-order valence-electron chi connectivity index (χ3n) is 2.83. The minimum Gasteiger partial charge on any atom is -0.504 e. The molecule has 1 aliphatic carbocycles. The Kier molecular flexibility index (Phi) is 3.89. The van der Waals surface area contributed by atoms with Crippen molar-refractivity contribution in [3.05, 3.63) is 24.3 Å². The zero-order chi connectivity index (χ0) is 13.8. The molecule has 0 bridgehead atoms. The van der Waals surface area contributed by atoms with Crippen molar-refractivity contribution in [1.29, 1.82) is 0 Å². The minimum absolute atomic E-state index is 0.0107. The SMILES string of the molecule is O=C(O)CN(C(=O)COc1ccccc1O)C1CC1. The molecular weight excluding hydrogens is 250 g/mol. The number of para-hydroxylation sites is 2. The molecule has 6 heteroatoms. The molecule has 1 amide bonds. The molecule has 0 atom stereocenters. The summed E-state index contributed by atoms with van der Waals surface area (Å²) in [5, 5.41) is 18.2. The predicted octanol–water partition coefficient (Wildman–Crippen LogP) is 0.847. The predicted molar refractivity (Wildman–Crippen MR) is 66.0 cm³/mol. The molecule has 0 heterocycles. The maximum absolute atomic E-state index is 11.9. The fraction of sp³-hybridized carbons (Fsp3) is 0.385. The smallest absolute Gasteiger partial charge is 0.323 e. The number of aromatic hydroxyl groups is 1. The summed E-state index contributed by atoms with van der Waals surface area (Å²) in [6.45, 7) is -0.588. The van der Waals surface area contributed by atoms with Crippen LogP contribution < -0.4 is 4.74 Å². The van der Waals surface area contributed by atoms with E-state index in [4.69, 9.17) is 9.84 Å². The van der Waals surface area contributed by atoms with Crippen molar-refractivity contribution in [2.45, 2.75) is 18.9 Å². The molecule has 1 aliphatic rings. The highest BCUT2D eigenvalue weighted by atomic mass is 16.5. The van der Waals surface area contributed by atoms with E-state index < -0.39 is 5.97 Å². The zero-order valence-corrected chi connectivity index (χ0v) is 10.3. The van der Waals surface area contributed by atoms with Crippen molar-refractivity contribution in [3.8, 4) is 11.5 Å². The highest BCUT2D eigenvalue weighted by Gasteiger charge is 2.33. The number of phenols is 1. The summed E-state index contributed by atoms with van der Waals surface area (Å²) in [6.07, 6.45) is 1.66. The Bertz CT molecular complexity index is 484. The van der Waals surface area contributed by atoms with Gasteiger partial charge in [-0.25, -0.2) is 0 Å². The summed E-state index contributed by atoms with van der Waals surface area (Å²) >= 11 is 0. The standard InChI is InChI=1S/C13H15NO5/c15-10-3-1-2-4-11(10)19-8-12(16)14(7-13(17)18)9-5-6-9/h1-4,9,15H,5-8H2,(H,17,18). The molecule has 1 saturated carbocycles. The number of rotatable bonds is 6. The van der Waals surface area contributed by atoms with E-state index in [0.717, 1.165) is 12.8 Å². The highest BCUT2D eigenvalue weighted by Crippen LogP contribution is 2.28. The lowest BCUT2D eigenvalue weighted by atomic mass is 10.3. The van der Waals surface area contributed by atoms with Crippen LogP contribution in [0, 0.1) is 0 Å². The number of nitrogens with zero attached hydrogens (tertiary/aromatic N) is 1. The van der Waals surface area contributed by atoms with Crippen LogP contribution >= 0.6 is 0 Å². The number of phenolic OH excluding ortho intramolecular Hbond substituents is 1. The fourth-order valence-electron chi connectivity index (χ4n) is 1.75. The molecule has 0 saturated heterocycles. The van der Waals surface area contributed by atoms with Gasteiger partial charge < -0.3 is 19.8 Å². The molecule has 0 radical (unpaired) electrons. The lowest BCUT2D eigenvalue weighted by Crippen LogP contribution is -2.40. The molecule has 0 aliphatic heterocycles.